The molecule has 346 valence electrons. The van der Waals surface area contributed by atoms with Crippen molar-refractivity contribution in [1.82, 2.24) is 64.4 Å². The van der Waals surface area contributed by atoms with E-state index < -0.39 is 0 Å². The molecule has 20 heteroatoms. The first-order valence-corrected chi connectivity index (χ1v) is 22.8. The molecule has 0 unspecified atom stereocenters. The summed E-state index contributed by atoms with van der Waals surface area (Å²) in [4.78, 5) is 53.0. The van der Waals surface area contributed by atoms with Crippen LogP contribution in [0.1, 0.15) is 56.0 Å². The Hall–Kier alpha value is -7.94. The Bertz CT molecular complexity index is 3320. The standard InChI is InChI=1S/C25H27N9O.C23H24N8O2/c1-15-20-14-33(30-15)10-4-5-21(35)32(3)25-22(16-11-18-19(20)13-29-23(18)28-12-16)24(26-2)34(31-25)17-6-8-27-9-7-17;1-14-18-13-30(27-14)7-5-6-19(32)29(3)23-20(22(24-2)31(28-23)8-9-33-4)15-10-16-17(18)12-26-21(16)25-11-15/h11-14,17,27H,4-10H2,1,3H3,(H,28,29);10-13H,5-9H2,1,3-4H3,(H,25,26). The molecule has 8 aromatic heterocycles. The number of hydrogen-bond acceptors (Lipinski definition) is 10. The molecule has 1 saturated heterocycles. The monoisotopic (exact) mass is 913 g/mol. The fourth-order valence-corrected chi connectivity index (χ4v) is 9.58. The normalized spacial score (nSPS) is 15.5. The highest BCUT2D eigenvalue weighted by molar-refractivity contribution is 6.03. The van der Waals surface area contributed by atoms with Gasteiger partial charge in [0.2, 0.25) is 11.8 Å². The molecule has 0 atom stereocenters. The number of fused-ring (bicyclic) bond motifs is 12. The SMILES string of the molecule is [C-]#[N+]c1c2c(nn1C1CCNCC1)N(C)C(=O)CCCn1cc(c(C)n1)-c1c[nH]c3ncc-2cc13.[C-]#[N+]c1c2c(nn1CCOC)N(C)C(=O)CCCn1cc(c(C)n1)-c1c[nH]c3ncc-2cc13. The van der Waals surface area contributed by atoms with Gasteiger partial charge in [-0.1, -0.05) is 23.3 Å². The van der Waals surface area contributed by atoms with E-state index in [0.29, 0.717) is 86.3 Å². The lowest BCUT2D eigenvalue weighted by molar-refractivity contribution is -0.119. The number of rotatable bonds is 4. The van der Waals surface area contributed by atoms with E-state index in [1.54, 1.807) is 48.1 Å². The number of anilines is 2. The number of amides is 2. The summed E-state index contributed by atoms with van der Waals surface area (Å²) in [5.41, 5.74) is 10.2. The number of H-pyrrole nitrogens is 2. The van der Waals surface area contributed by atoms with Crippen LogP contribution in [0.5, 0.6) is 0 Å². The van der Waals surface area contributed by atoms with E-state index >= 15 is 0 Å². The van der Waals surface area contributed by atoms with Gasteiger partial charge in [-0.2, -0.15) is 19.6 Å². The number of methoxy groups -OCH3 is 1. The van der Waals surface area contributed by atoms with Crippen molar-refractivity contribution < 1.29 is 14.3 Å². The van der Waals surface area contributed by atoms with Gasteiger partial charge >= 0.3 is 0 Å². The summed E-state index contributed by atoms with van der Waals surface area (Å²) in [5.74, 6) is 1.69. The smallest absolute Gasteiger partial charge is 0.262 e. The highest BCUT2D eigenvalue weighted by atomic mass is 16.5. The van der Waals surface area contributed by atoms with E-state index in [0.717, 1.165) is 92.8 Å². The lowest BCUT2D eigenvalue weighted by atomic mass is 10.0. The van der Waals surface area contributed by atoms with Gasteiger partial charge in [0.25, 0.3) is 11.6 Å². The molecule has 11 heterocycles. The van der Waals surface area contributed by atoms with Crippen LogP contribution in [0.2, 0.25) is 0 Å². The first-order valence-electron chi connectivity index (χ1n) is 22.8. The molecular formula is C48H51N17O3. The Balaban J connectivity index is 0.000000159. The average Bonchev–Trinajstić information content (AvgIpc) is 4.22. The average molecular weight is 914 g/mol. The maximum Gasteiger partial charge on any atom is 0.262 e. The number of hydrogen-bond donors (Lipinski definition) is 3. The minimum Gasteiger partial charge on any atom is -0.381 e. The molecule has 3 aliphatic rings. The molecule has 0 radical (unpaired) electrons. The van der Waals surface area contributed by atoms with Gasteiger partial charge in [0.05, 0.1) is 29.1 Å². The van der Waals surface area contributed by atoms with Gasteiger partial charge in [-0.05, 0) is 63.0 Å². The molecule has 1 fully saturated rings. The third-order valence-electron chi connectivity index (χ3n) is 13.2. The third-order valence-corrected chi connectivity index (χ3v) is 13.2. The number of nitrogens with zero attached hydrogens (tertiary/aromatic N) is 14. The molecule has 3 N–H and O–H groups in total. The predicted octanol–water partition coefficient (Wildman–Crippen LogP) is 7.38. The first-order chi connectivity index (χ1) is 33.1. The number of aryl methyl sites for hydroxylation is 4. The van der Waals surface area contributed by atoms with Gasteiger partial charge in [0.15, 0.2) is 11.6 Å². The Morgan fingerprint density at radius 3 is 1.75 bits per heavy atom. The number of pyridine rings is 2. The summed E-state index contributed by atoms with van der Waals surface area (Å²) in [5, 5.41) is 24.1. The second kappa shape index (κ2) is 18.0. The van der Waals surface area contributed by atoms with Crippen LogP contribution in [-0.2, 0) is 34.0 Å². The maximum atomic E-state index is 13.2. The Kier molecular flexibility index (Phi) is 11.7. The van der Waals surface area contributed by atoms with Crippen LogP contribution in [0.15, 0.2) is 49.3 Å². The number of aromatic amines is 2. The van der Waals surface area contributed by atoms with Crippen molar-refractivity contribution in [2.75, 3.05) is 50.7 Å². The minimum absolute atomic E-state index is 0.0322. The number of aromatic nitrogens is 12. The van der Waals surface area contributed by atoms with E-state index in [4.69, 9.17) is 23.0 Å². The van der Waals surface area contributed by atoms with Gasteiger partial charge < -0.3 is 29.7 Å². The van der Waals surface area contributed by atoms with Crippen molar-refractivity contribution >= 4 is 57.2 Å². The van der Waals surface area contributed by atoms with Crippen LogP contribution >= 0.6 is 0 Å². The highest BCUT2D eigenvalue weighted by Gasteiger charge is 2.32. The Morgan fingerprint density at radius 2 is 1.24 bits per heavy atom. The third kappa shape index (κ3) is 7.76. The van der Waals surface area contributed by atoms with Crippen molar-refractivity contribution in [1.29, 1.82) is 0 Å². The molecule has 0 aromatic carbocycles. The second-order valence-electron chi connectivity index (χ2n) is 17.4. The van der Waals surface area contributed by atoms with Crippen molar-refractivity contribution in [3.8, 4) is 44.5 Å². The zero-order chi connectivity index (χ0) is 47.2. The fraction of sp³-hybridized carbons (Fsp3) is 0.375. The van der Waals surface area contributed by atoms with Gasteiger partial charge in [0.1, 0.15) is 23.9 Å². The summed E-state index contributed by atoms with van der Waals surface area (Å²) in [6, 6.07) is 4.17. The fourth-order valence-electron chi connectivity index (χ4n) is 9.58. The Labute approximate surface area is 391 Å². The summed E-state index contributed by atoms with van der Waals surface area (Å²) in [6.45, 7) is 23.8. The topological polar surface area (TPSA) is 199 Å². The predicted molar refractivity (Wildman–Crippen MR) is 257 cm³/mol. The molecule has 8 aromatic rings. The van der Waals surface area contributed by atoms with Gasteiger partial charge in [0, 0.05) is 130 Å². The molecule has 3 aliphatic heterocycles. The quantitative estimate of drug-likeness (QED) is 0.150. The highest BCUT2D eigenvalue weighted by Crippen LogP contribution is 2.44. The zero-order valence-electron chi connectivity index (χ0n) is 38.7. The number of carbonyl (C=O) groups excluding carboxylic acids is 2. The first kappa shape index (κ1) is 43.9. The summed E-state index contributed by atoms with van der Waals surface area (Å²) in [7, 11) is 5.07. The molecule has 2 amide bonds. The van der Waals surface area contributed by atoms with Crippen LogP contribution in [0, 0.1) is 27.0 Å². The maximum absolute atomic E-state index is 13.2. The number of ether oxygens (including phenoxy) is 1. The van der Waals surface area contributed by atoms with Crippen LogP contribution in [0.3, 0.4) is 0 Å². The van der Waals surface area contributed by atoms with E-state index in [-0.39, 0.29) is 17.9 Å². The van der Waals surface area contributed by atoms with E-state index in [9.17, 15) is 9.59 Å². The van der Waals surface area contributed by atoms with E-state index in [1.165, 1.54) is 0 Å². The lowest BCUT2D eigenvalue weighted by Crippen LogP contribution is -2.30. The van der Waals surface area contributed by atoms with Crippen molar-refractivity contribution in [2.45, 2.75) is 78.0 Å². The van der Waals surface area contributed by atoms with E-state index in [1.807, 2.05) is 58.7 Å². The molecule has 8 bridgehead atoms. The molecule has 0 aliphatic carbocycles. The van der Waals surface area contributed by atoms with Gasteiger partial charge in [-0.25, -0.2) is 9.97 Å². The van der Waals surface area contributed by atoms with Gasteiger partial charge in [-0.3, -0.25) is 28.8 Å². The number of carbonyl (C=O) groups is 2. The summed E-state index contributed by atoms with van der Waals surface area (Å²) >= 11 is 0. The molecule has 20 nitrogen and oxygen atoms in total. The summed E-state index contributed by atoms with van der Waals surface area (Å²) < 4.78 is 12.5. The van der Waals surface area contributed by atoms with Crippen LogP contribution in [-0.4, -0.2) is 112 Å². The van der Waals surface area contributed by atoms with Crippen LogP contribution in [0.25, 0.3) is 76.3 Å². The van der Waals surface area contributed by atoms with Crippen molar-refractivity contribution in [2.24, 2.45) is 0 Å². The number of piperidine rings is 1. The van der Waals surface area contributed by atoms with E-state index in [2.05, 4.69) is 56.3 Å². The molecule has 68 heavy (non-hydrogen) atoms. The Morgan fingerprint density at radius 1 is 0.721 bits per heavy atom. The second-order valence-corrected chi connectivity index (χ2v) is 17.4. The zero-order valence-corrected chi connectivity index (χ0v) is 38.7. The van der Waals surface area contributed by atoms with Crippen molar-refractivity contribution in [3.05, 3.63) is 83.5 Å². The lowest BCUT2D eigenvalue weighted by Gasteiger charge is -2.21. The largest absolute Gasteiger partial charge is 0.381 e. The molecule has 0 spiro atoms. The number of nitrogens with one attached hydrogen (secondary N) is 3. The van der Waals surface area contributed by atoms with Crippen molar-refractivity contribution in [3.63, 3.8) is 0 Å². The molecular weight excluding hydrogens is 863 g/mol. The summed E-state index contributed by atoms with van der Waals surface area (Å²) in [6.07, 6.45) is 15.3. The minimum atomic E-state index is -0.0679. The molecule has 0 saturated carbocycles. The molecule has 11 rings (SSSR count). The van der Waals surface area contributed by atoms with Crippen LogP contribution < -0.4 is 15.1 Å². The van der Waals surface area contributed by atoms with Gasteiger partial charge in [-0.15, -0.1) is 0 Å². The van der Waals surface area contributed by atoms with Crippen LogP contribution in [0.4, 0.5) is 23.3 Å².